The SMILES string of the molecule is N#Cc1ccc(NC(=O)CCSc2nnc(-c3ccco3)n2-c2ccccc2)cc1Cl. The molecule has 0 aliphatic carbocycles. The van der Waals surface area contributed by atoms with Crippen LogP contribution < -0.4 is 5.32 Å². The minimum absolute atomic E-state index is 0.162. The lowest BCUT2D eigenvalue weighted by molar-refractivity contribution is -0.115. The van der Waals surface area contributed by atoms with E-state index in [1.54, 1.807) is 30.5 Å². The van der Waals surface area contributed by atoms with Gasteiger partial charge in [0.05, 0.1) is 16.8 Å². The van der Waals surface area contributed by atoms with Gasteiger partial charge in [0.1, 0.15) is 6.07 Å². The number of benzene rings is 2. The molecule has 31 heavy (non-hydrogen) atoms. The smallest absolute Gasteiger partial charge is 0.225 e. The van der Waals surface area contributed by atoms with E-state index in [0.717, 1.165) is 5.69 Å². The molecule has 0 unspecified atom stereocenters. The molecule has 0 atom stereocenters. The number of furan rings is 1. The number of anilines is 1. The zero-order chi connectivity index (χ0) is 21.6. The molecule has 0 radical (unpaired) electrons. The summed E-state index contributed by atoms with van der Waals surface area (Å²) in [7, 11) is 0. The molecule has 4 aromatic rings. The quantitative estimate of drug-likeness (QED) is 0.391. The number of hydrogen-bond donors (Lipinski definition) is 1. The lowest BCUT2D eigenvalue weighted by atomic mass is 10.2. The number of carbonyl (C=O) groups is 1. The number of aromatic nitrogens is 3. The molecule has 0 saturated heterocycles. The zero-order valence-corrected chi connectivity index (χ0v) is 17.7. The third-order valence-electron chi connectivity index (χ3n) is 4.32. The number of nitrogens with one attached hydrogen (secondary N) is 1. The van der Waals surface area contributed by atoms with Crippen molar-refractivity contribution in [3.63, 3.8) is 0 Å². The summed E-state index contributed by atoms with van der Waals surface area (Å²) in [5, 5.41) is 21.3. The van der Waals surface area contributed by atoms with Crippen molar-refractivity contribution in [1.82, 2.24) is 14.8 Å². The van der Waals surface area contributed by atoms with Gasteiger partial charge >= 0.3 is 0 Å². The van der Waals surface area contributed by atoms with Crippen molar-refractivity contribution < 1.29 is 9.21 Å². The van der Waals surface area contributed by atoms with E-state index in [4.69, 9.17) is 21.3 Å². The van der Waals surface area contributed by atoms with Crippen molar-refractivity contribution in [2.45, 2.75) is 11.6 Å². The Balaban J connectivity index is 1.45. The Morgan fingerprint density at radius 1 is 1.16 bits per heavy atom. The van der Waals surface area contributed by atoms with Gasteiger partial charge < -0.3 is 9.73 Å². The van der Waals surface area contributed by atoms with Crippen LogP contribution in [0.25, 0.3) is 17.3 Å². The fourth-order valence-electron chi connectivity index (χ4n) is 2.88. The Morgan fingerprint density at radius 3 is 2.71 bits per heavy atom. The number of para-hydroxylation sites is 1. The number of thioether (sulfide) groups is 1. The van der Waals surface area contributed by atoms with E-state index in [-0.39, 0.29) is 12.3 Å². The molecule has 0 saturated carbocycles. The number of nitrogens with zero attached hydrogens (tertiary/aromatic N) is 4. The largest absolute Gasteiger partial charge is 0.461 e. The van der Waals surface area contributed by atoms with Crippen molar-refractivity contribution in [2.24, 2.45) is 0 Å². The highest BCUT2D eigenvalue weighted by Gasteiger charge is 2.18. The maximum Gasteiger partial charge on any atom is 0.225 e. The van der Waals surface area contributed by atoms with Crippen LogP contribution in [0.4, 0.5) is 5.69 Å². The number of rotatable bonds is 7. The van der Waals surface area contributed by atoms with Gasteiger partial charge in [-0.3, -0.25) is 9.36 Å². The van der Waals surface area contributed by atoms with Crippen LogP contribution in [0.3, 0.4) is 0 Å². The Bertz CT molecular complexity index is 1230. The van der Waals surface area contributed by atoms with Gasteiger partial charge in [0, 0.05) is 23.5 Å². The summed E-state index contributed by atoms with van der Waals surface area (Å²) < 4.78 is 7.41. The minimum Gasteiger partial charge on any atom is -0.461 e. The molecule has 2 aromatic carbocycles. The Hall–Kier alpha value is -3.54. The van der Waals surface area contributed by atoms with E-state index in [9.17, 15) is 4.79 Å². The van der Waals surface area contributed by atoms with E-state index in [2.05, 4.69) is 15.5 Å². The number of hydrogen-bond acceptors (Lipinski definition) is 6. The molecule has 154 valence electrons. The molecule has 1 N–H and O–H groups in total. The number of halogens is 1. The second-order valence-electron chi connectivity index (χ2n) is 6.41. The first-order valence-corrected chi connectivity index (χ1v) is 10.7. The van der Waals surface area contributed by atoms with Gasteiger partial charge in [-0.25, -0.2) is 0 Å². The summed E-state index contributed by atoms with van der Waals surface area (Å²) in [6, 6.07) is 20.1. The first-order chi connectivity index (χ1) is 15.2. The predicted molar refractivity (Wildman–Crippen MR) is 119 cm³/mol. The van der Waals surface area contributed by atoms with Crippen LogP contribution in [-0.2, 0) is 4.79 Å². The lowest BCUT2D eigenvalue weighted by Crippen LogP contribution is -2.12. The van der Waals surface area contributed by atoms with Gasteiger partial charge in [-0.05, 0) is 42.5 Å². The minimum atomic E-state index is -0.162. The van der Waals surface area contributed by atoms with Crippen molar-refractivity contribution >= 4 is 35.0 Å². The van der Waals surface area contributed by atoms with Gasteiger partial charge in [0.2, 0.25) is 11.7 Å². The molecule has 0 aliphatic rings. The fraction of sp³-hybridized carbons (Fsp3) is 0.0909. The summed E-state index contributed by atoms with van der Waals surface area (Å²) in [5.74, 6) is 1.54. The average Bonchev–Trinajstić information content (AvgIpc) is 3.44. The van der Waals surface area contributed by atoms with E-state index < -0.39 is 0 Å². The molecule has 4 rings (SSSR count). The molecule has 0 spiro atoms. The number of amides is 1. The van der Waals surface area contributed by atoms with Crippen LogP contribution in [0.1, 0.15) is 12.0 Å². The molecular weight excluding hydrogens is 434 g/mol. The van der Waals surface area contributed by atoms with E-state index in [1.165, 1.54) is 11.8 Å². The standard InChI is InChI=1S/C22H16ClN5O2S/c23-18-13-16(9-8-15(18)14-24)25-20(29)10-12-31-22-27-26-21(19-7-4-11-30-19)28(22)17-5-2-1-3-6-17/h1-9,11,13H,10,12H2,(H,25,29). The highest BCUT2D eigenvalue weighted by Crippen LogP contribution is 2.28. The third-order valence-corrected chi connectivity index (χ3v) is 5.57. The van der Waals surface area contributed by atoms with Gasteiger partial charge in [0.25, 0.3) is 0 Å². The number of carbonyl (C=O) groups excluding carboxylic acids is 1. The van der Waals surface area contributed by atoms with E-state index >= 15 is 0 Å². The second kappa shape index (κ2) is 9.51. The molecule has 0 fully saturated rings. The summed E-state index contributed by atoms with van der Waals surface area (Å²) in [6.07, 6.45) is 1.85. The summed E-state index contributed by atoms with van der Waals surface area (Å²) >= 11 is 7.44. The summed E-state index contributed by atoms with van der Waals surface area (Å²) in [4.78, 5) is 12.3. The van der Waals surface area contributed by atoms with Crippen LogP contribution in [-0.4, -0.2) is 26.4 Å². The van der Waals surface area contributed by atoms with Crippen LogP contribution in [0.15, 0.2) is 76.5 Å². The highest BCUT2D eigenvalue weighted by molar-refractivity contribution is 7.99. The molecule has 7 nitrogen and oxygen atoms in total. The van der Waals surface area contributed by atoms with Gasteiger partial charge in [-0.1, -0.05) is 41.6 Å². The summed E-state index contributed by atoms with van der Waals surface area (Å²) in [6.45, 7) is 0. The monoisotopic (exact) mass is 449 g/mol. The van der Waals surface area contributed by atoms with Gasteiger partial charge in [0.15, 0.2) is 10.9 Å². The van der Waals surface area contributed by atoms with Crippen molar-refractivity contribution in [3.8, 4) is 23.3 Å². The Kier molecular flexibility index (Phi) is 6.36. The zero-order valence-electron chi connectivity index (χ0n) is 16.2. The molecule has 1 amide bonds. The van der Waals surface area contributed by atoms with E-state index in [0.29, 0.717) is 38.8 Å². The lowest BCUT2D eigenvalue weighted by Gasteiger charge is -2.09. The molecular formula is C22H16ClN5O2S. The van der Waals surface area contributed by atoms with Gasteiger partial charge in [-0.2, -0.15) is 5.26 Å². The molecule has 9 heteroatoms. The topological polar surface area (TPSA) is 96.7 Å². The molecule has 0 bridgehead atoms. The second-order valence-corrected chi connectivity index (χ2v) is 7.88. The summed E-state index contributed by atoms with van der Waals surface area (Å²) in [5.41, 5.74) is 1.81. The average molecular weight is 450 g/mol. The predicted octanol–water partition coefficient (Wildman–Crippen LogP) is 5.17. The van der Waals surface area contributed by atoms with Gasteiger partial charge in [-0.15, -0.1) is 10.2 Å². The Labute approximate surface area is 187 Å². The fourth-order valence-corrected chi connectivity index (χ4v) is 3.99. The van der Waals surface area contributed by atoms with Crippen LogP contribution >= 0.6 is 23.4 Å². The van der Waals surface area contributed by atoms with Crippen molar-refractivity contribution in [3.05, 3.63) is 77.5 Å². The first kappa shape index (κ1) is 20.7. The maximum absolute atomic E-state index is 12.3. The number of nitriles is 1. The normalized spacial score (nSPS) is 10.6. The van der Waals surface area contributed by atoms with Crippen LogP contribution in [0.2, 0.25) is 5.02 Å². The van der Waals surface area contributed by atoms with E-state index in [1.807, 2.05) is 47.0 Å². The third kappa shape index (κ3) is 4.79. The van der Waals surface area contributed by atoms with Crippen LogP contribution in [0, 0.1) is 11.3 Å². The Morgan fingerprint density at radius 2 is 2.00 bits per heavy atom. The molecule has 0 aliphatic heterocycles. The maximum atomic E-state index is 12.3. The molecule has 2 heterocycles. The van der Waals surface area contributed by atoms with Crippen molar-refractivity contribution in [1.29, 1.82) is 5.26 Å². The first-order valence-electron chi connectivity index (χ1n) is 9.32. The molecule has 2 aromatic heterocycles. The highest BCUT2D eigenvalue weighted by atomic mass is 35.5. The van der Waals surface area contributed by atoms with Crippen LogP contribution in [0.5, 0.6) is 0 Å². The van der Waals surface area contributed by atoms with Crippen molar-refractivity contribution in [2.75, 3.05) is 11.1 Å².